The molecule has 1 heterocycles. The SMILES string of the molecule is CCC1=CC(F)=C(NC2=NC=C(C)C(C)C(C)=C2C)C=C=C1. The van der Waals surface area contributed by atoms with E-state index >= 15 is 0 Å². The van der Waals surface area contributed by atoms with E-state index in [1.807, 2.05) is 26.1 Å². The summed E-state index contributed by atoms with van der Waals surface area (Å²) in [6, 6.07) is 0. The highest BCUT2D eigenvalue weighted by Crippen LogP contribution is 2.26. The summed E-state index contributed by atoms with van der Waals surface area (Å²) in [5.41, 5.74) is 7.83. The predicted octanol–water partition coefficient (Wildman–Crippen LogP) is 5.11. The normalized spacial score (nSPS) is 22.1. The van der Waals surface area contributed by atoms with Crippen LogP contribution in [0.3, 0.4) is 0 Å². The van der Waals surface area contributed by atoms with Crippen molar-refractivity contribution in [3.63, 3.8) is 0 Å². The molecule has 0 spiro atoms. The molecule has 1 N–H and O–H groups in total. The Morgan fingerprint density at radius 1 is 1.27 bits per heavy atom. The highest BCUT2D eigenvalue weighted by atomic mass is 19.1. The van der Waals surface area contributed by atoms with Gasteiger partial charge in [0, 0.05) is 12.3 Å². The molecule has 2 nitrogen and oxygen atoms in total. The van der Waals surface area contributed by atoms with Crippen molar-refractivity contribution in [3.8, 4) is 0 Å². The Bertz CT molecular complexity index is 693. The Balaban J connectivity index is 2.39. The molecule has 0 radical (unpaired) electrons. The molecule has 3 heteroatoms. The maximum absolute atomic E-state index is 14.3. The molecular formula is C19H23FN2. The second-order valence-electron chi connectivity index (χ2n) is 5.80. The summed E-state index contributed by atoms with van der Waals surface area (Å²) in [4.78, 5) is 4.49. The van der Waals surface area contributed by atoms with E-state index in [-0.39, 0.29) is 5.83 Å². The minimum absolute atomic E-state index is 0.288. The molecule has 1 atom stereocenters. The van der Waals surface area contributed by atoms with Gasteiger partial charge in [0.15, 0.2) is 0 Å². The van der Waals surface area contributed by atoms with Crippen LogP contribution in [0.4, 0.5) is 4.39 Å². The van der Waals surface area contributed by atoms with Gasteiger partial charge < -0.3 is 5.32 Å². The van der Waals surface area contributed by atoms with Crippen molar-refractivity contribution in [1.82, 2.24) is 5.32 Å². The van der Waals surface area contributed by atoms with Crippen LogP contribution in [-0.4, -0.2) is 5.84 Å². The molecule has 0 fully saturated rings. The van der Waals surface area contributed by atoms with Crippen molar-refractivity contribution < 1.29 is 4.39 Å². The molecule has 0 aromatic carbocycles. The Kier molecular flexibility index (Phi) is 4.99. The topological polar surface area (TPSA) is 24.4 Å². The molecule has 116 valence electrons. The van der Waals surface area contributed by atoms with Gasteiger partial charge in [-0.05, 0) is 62.0 Å². The van der Waals surface area contributed by atoms with Crippen molar-refractivity contribution >= 4 is 5.84 Å². The lowest BCUT2D eigenvalue weighted by Crippen LogP contribution is -2.24. The molecule has 0 bridgehead atoms. The summed E-state index contributed by atoms with van der Waals surface area (Å²) in [7, 11) is 0. The molecule has 1 aliphatic carbocycles. The Morgan fingerprint density at radius 3 is 2.68 bits per heavy atom. The molecule has 0 amide bonds. The molecule has 0 saturated carbocycles. The summed E-state index contributed by atoms with van der Waals surface area (Å²) in [5, 5.41) is 3.12. The standard InChI is InChI=1S/C19H23FN2/c1-6-16-8-7-9-18(17(20)10-16)22-19-15(5)14(4)13(3)12(2)11-21-19/h8-11,13H,6H2,1-5H3,(H,21,22). The third-order valence-electron chi connectivity index (χ3n) is 4.40. The zero-order valence-electron chi connectivity index (χ0n) is 13.9. The number of nitrogens with one attached hydrogen (secondary N) is 1. The van der Waals surface area contributed by atoms with E-state index in [1.165, 1.54) is 11.1 Å². The highest BCUT2D eigenvalue weighted by molar-refractivity contribution is 6.00. The number of amidine groups is 1. The van der Waals surface area contributed by atoms with Crippen molar-refractivity contribution in [2.24, 2.45) is 10.9 Å². The zero-order chi connectivity index (χ0) is 16.3. The molecule has 1 aliphatic heterocycles. The van der Waals surface area contributed by atoms with Gasteiger partial charge in [-0.15, -0.1) is 5.73 Å². The van der Waals surface area contributed by atoms with Gasteiger partial charge in [-0.1, -0.05) is 19.4 Å². The van der Waals surface area contributed by atoms with E-state index in [0.717, 1.165) is 17.6 Å². The predicted molar refractivity (Wildman–Crippen MR) is 91.0 cm³/mol. The fourth-order valence-corrected chi connectivity index (χ4v) is 2.36. The summed E-state index contributed by atoms with van der Waals surface area (Å²) in [6.45, 7) is 10.3. The first-order valence-electron chi connectivity index (χ1n) is 7.66. The first kappa shape index (κ1) is 16.3. The third kappa shape index (κ3) is 3.37. The van der Waals surface area contributed by atoms with E-state index in [1.54, 1.807) is 12.2 Å². The van der Waals surface area contributed by atoms with Crippen LogP contribution in [0.25, 0.3) is 0 Å². The van der Waals surface area contributed by atoms with E-state index in [0.29, 0.717) is 17.5 Å². The Labute approximate surface area is 132 Å². The lowest BCUT2D eigenvalue weighted by atomic mass is 9.92. The minimum Gasteiger partial charge on any atom is -0.337 e. The van der Waals surface area contributed by atoms with Crippen molar-refractivity contribution in [2.45, 2.75) is 41.0 Å². The van der Waals surface area contributed by atoms with Crippen LogP contribution in [-0.2, 0) is 0 Å². The van der Waals surface area contributed by atoms with Crippen LogP contribution in [0, 0.1) is 5.92 Å². The number of hydrogen-bond donors (Lipinski definition) is 1. The number of nitrogens with zero attached hydrogens (tertiary/aromatic N) is 1. The Hall–Kier alpha value is -2.12. The number of rotatable bonds is 2. The van der Waals surface area contributed by atoms with Crippen LogP contribution in [0.5, 0.6) is 0 Å². The van der Waals surface area contributed by atoms with Gasteiger partial charge in [0.25, 0.3) is 0 Å². The third-order valence-corrected chi connectivity index (χ3v) is 4.40. The Morgan fingerprint density at radius 2 is 2.00 bits per heavy atom. The minimum atomic E-state index is -0.288. The number of allylic oxidation sites excluding steroid dienone is 6. The summed E-state index contributed by atoms with van der Waals surface area (Å²) in [6.07, 6.45) is 7.62. The van der Waals surface area contributed by atoms with Gasteiger partial charge in [-0.3, -0.25) is 0 Å². The van der Waals surface area contributed by atoms with Crippen LogP contribution in [0.2, 0.25) is 0 Å². The average Bonchev–Trinajstić information content (AvgIpc) is 2.74. The lowest BCUT2D eigenvalue weighted by molar-refractivity contribution is 0.650. The van der Waals surface area contributed by atoms with Gasteiger partial charge in [-0.2, -0.15) is 0 Å². The van der Waals surface area contributed by atoms with Crippen LogP contribution >= 0.6 is 0 Å². The molecule has 22 heavy (non-hydrogen) atoms. The molecule has 2 rings (SSSR count). The van der Waals surface area contributed by atoms with Crippen molar-refractivity contribution in [2.75, 3.05) is 0 Å². The van der Waals surface area contributed by atoms with E-state index in [2.05, 4.69) is 36.8 Å². The van der Waals surface area contributed by atoms with Gasteiger partial charge >= 0.3 is 0 Å². The first-order valence-corrected chi connectivity index (χ1v) is 7.66. The second-order valence-corrected chi connectivity index (χ2v) is 5.80. The lowest BCUT2D eigenvalue weighted by Gasteiger charge is -2.15. The van der Waals surface area contributed by atoms with Crippen LogP contribution in [0.15, 0.2) is 69.0 Å². The molecule has 0 aromatic heterocycles. The summed E-state index contributed by atoms with van der Waals surface area (Å²) in [5.74, 6) is 0.750. The van der Waals surface area contributed by atoms with Gasteiger partial charge in [-0.25, -0.2) is 9.38 Å². The summed E-state index contributed by atoms with van der Waals surface area (Å²) >= 11 is 0. The quantitative estimate of drug-likeness (QED) is 0.704. The van der Waals surface area contributed by atoms with E-state index in [9.17, 15) is 4.39 Å². The second kappa shape index (κ2) is 6.76. The van der Waals surface area contributed by atoms with Gasteiger partial charge in [0.05, 0.1) is 5.70 Å². The molecule has 0 saturated heterocycles. The van der Waals surface area contributed by atoms with Crippen molar-refractivity contribution in [1.29, 1.82) is 0 Å². The highest BCUT2D eigenvalue weighted by Gasteiger charge is 2.17. The molecule has 0 aromatic rings. The molecule has 2 aliphatic rings. The van der Waals surface area contributed by atoms with Gasteiger partial charge in [0.2, 0.25) is 0 Å². The number of aliphatic imine (C=N–C) groups is 1. The number of halogens is 1. The average molecular weight is 298 g/mol. The van der Waals surface area contributed by atoms with Crippen LogP contribution in [0.1, 0.15) is 41.0 Å². The zero-order valence-corrected chi connectivity index (χ0v) is 13.9. The maximum Gasteiger partial charge on any atom is 0.147 e. The van der Waals surface area contributed by atoms with Gasteiger partial charge in [0.1, 0.15) is 11.7 Å². The summed E-state index contributed by atoms with van der Waals surface area (Å²) < 4.78 is 14.3. The molecular weight excluding hydrogens is 275 g/mol. The van der Waals surface area contributed by atoms with E-state index < -0.39 is 0 Å². The van der Waals surface area contributed by atoms with E-state index in [4.69, 9.17) is 0 Å². The smallest absolute Gasteiger partial charge is 0.147 e. The monoisotopic (exact) mass is 298 g/mol. The van der Waals surface area contributed by atoms with Crippen LogP contribution < -0.4 is 5.32 Å². The maximum atomic E-state index is 14.3. The number of hydrogen-bond acceptors (Lipinski definition) is 2. The fraction of sp³-hybridized carbons (Fsp3) is 0.368. The fourth-order valence-electron chi connectivity index (χ4n) is 2.36. The molecule has 1 unspecified atom stereocenters. The van der Waals surface area contributed by atoms with Crippen molar-refractivity contribution in [3.05, 3.63) is 64.0 Å². The largest absolute Gasteiger partial charge is 0.337 e. The first-order chi connectivity index (χ1) is 10.4.